The number of benzene rings is 1. The molecular formula is C14H20ClF3N2O2. The van der Waals surface area contributed by atoms with Gasteiger partial charge in [-0.1, -0.05) is 30.3 Å². The van der Waals surface area contributed by atoms with E-state index < -0.39 is 25.3 Å². The molecule has 0 aliphatic heterocycles. The summed E-state index contributed by atoms with van der Waals surface area (Å²) in [4.78, 5) is 13.2. The van der Waals surface area contributed by atoms with Crippen molar-refractivity contribution in [3.63, 3.8) is 0 Å². The fourth-order valence-corrected chi connectivity index (χ4v) is 1.77. The van der Waals surface area contributed by atoms with Crippen molar-refractivity contribution in [2.75, 3.05) is 32.8 Å². The summed E-state index contributed by atoms with van der Waals surface area (Å²) in [7, 11) is 0. The molecule has 1 aromatic rings. The second kappa shape index (κ2) is 10.4. The number of rotatable bonds is 8. The minimum Gasteiger partial charge on any atom is -0.362 e. The molecule has 0 fully saturated rings. The zero-order chi connectivity index (χ0) is 15.7. The van der Waals surface area contributed by atoms with E-state index >= 15 is 0 Å². The summed E-state index contributed by atoms with van der Waals surface area (Å²) >= 11 is 0. The van der Waals surface area contributed by atoms with Crippen LogP contribution in [0.3, 0.4) is 0 Å². The van der Waals surface area contributed by atoms with Crippen LogP contribution in [0.15, 0.2) is 30.3 Å². The van der Waals surface area contributed by atoms with Gasteiger partial charge in [0, 0.05) is 19.6 Å². The van der Waals surface area contributed by atoms with Gasteiger partial charge in [-0.15, -0.1) is 12.4 Å². The molecule has 8 heteroatoms. The maximum absolute atomic E-state index is 12.0. The highest BCUT2D eigenvalue weighted by atomic mass is 35.5. The average molecular weight is 341 g/mol. The lowest BCUT2D eigenvalue weighted by atomic mass is 10.1. The first kappa shape index (κ1) is 20.7. The first-order valence-corrected chi connectivity index (χ1v) is 6.58. The van der Waals surface area contributed by atoms with Gasteiger partial charge >= 0.3 is 6.18 Å². The van der Waals surface area contributed by atoms with Crippen molar-refractivity contribution < 1.29 is 22.7 Å². The van der Waals surface area contributed by atoms with Crippen molar-refractivity contribution in [3.8, 4) is 0 Å². The van der Waals surface area contributed by atoms with E-state index in [0.717, 1.165) is 5.56 Å². The summed E-state index contributed by atoms with van der Waals surface area (Å²) in [5.41, 5.74) is 6.46. The van der Waals surface area contributed by atoms with Gasteiger partial charge in [-0.05, 0) is 12.0 Å². The molecule has 0 atom stereocenters. The molecule has 4 nitrogen and oxygen atoms in total. The number of hydrogen-bond donors (Lipinski definition) is 1. The van der Waals surface area contributed by atoms with Crippen LogP contribution >= 0.6 is 12.4 Å². The zero-order valence-corrected chi connectivity index (χ0v) is 12.8. The summed E-state index contributed by atoms with van der Waals surface area (Å²) < 4.78 is 40.2. The molecule has 0 spiro atoms. The molecule has 126 valence electrons. The normalized spacial score (nSPS) is 10.9. The van der Waals surface area contributed by atoms with E-state index in [1.165, 1.54) is 4.90 Å². The lowest BCUT2D eigenvalue weighted by Crippen LogP contribution is -2.39. The van der Waals surface area contributed by atoms with Crippen molar-refractivity contribution in [2.24, 2.45) is 5.73 Å². The number of alkyl halides is 3. The maximum atomic E-state index is 12.0. The van der Waals surface area contributed by atoms with E-state index in [2.05, 4.69) is 4.74 Å². The number of carbonyl (C=O) groups is 1. The smallest absolute Gasteiger partial charge is 0.362 e. The molecule has 2 N–H and O–H groups in total. The number of ether oxygens (including phenoxy) is 1. The van der Waals surface area contributed by atoms with Gasteiger partial charge in [0.2, 0.25) is 5.91 Å². The molecule has 1 aromatic carbocycles. The maximum Gasteiger partial charge on any atom is 0.411 e. The lowest BCUT2D eigenvalue weighted by molar-refractivity contribution is -0.177. The Hall–Kier alpha value is -1.31. The summed E-state index contributed by atoms with van der Waals surface area (Å²) in [5, 5.41) is 0. The molecule has 0 bridgehead atoms. The van der Waals surface area contributed by atoms with Crippen molar-refractivity contribution in [1.82, 2.24) is 4.90 Å². The Balaban J connectivity index is 0.00000441. The zero-order valence-electron chi connectivity index (χ0n) is 12.0. The quantitative estimate of drug-likeness (QED) is 0.787. The Morgan fingerprint density at radius 1 is 1.18 bits per heavy atom. The Kier molecular flexibility index (Phi) is 9.80. The predicted octanol–water partition coefficient (Wildman–Crippen LogP) is 2.02. The molecule has 0 saturated carbocycles. The van der Waals surface area contributed by atoms with Gasteiger partial charge < -0.3 is 15.4 Å². The van der Waals surface area contributed by atoms with Crippen molar-refractivity contribution in [1.29, 1.82) is 0 Å². The summed E-state index contributed by atoms with van der Waals surface area (Å²) in [5.74, 6) is -0.486. The monoisotopic (exact) mass is 340 g/mol. The molecule has 22 heavy (non-hydrogen) atoms. The highest BCUT2D eigenvalue weighted by Gasteiger charge is 2.28. The molecule has 0 radical (unpaired) electrons. The topological polar surface area (TPSA) is 55.6 Å². The van der Waals surface area contributed by atoms with Crippen LogP contribution in [0.1, 0.15) is 5.56 Å². The number of amides is 1. The third kappa shape index (κ3) is 8.86. The van der Waals surface area contributed by atoms with Gasteiger partial charge in [0.15, 0.2) is 0 Å². The number of halogens is 4. The van der Waals surface area contributed by atoms with Crippen molar-refractivity contribution in [3.05, 3.63) is 35.9 Å². The van der Waals surface area contributed by atoms with E-state index in [1.807, 2.05) is 30.3 Å². The van der Waals surface area contributed by atoms with Gasteiger partial charge in [-0.3, -0.25) is 4.79 Å². The van der Waals surface area contributed by atoms with Crippen LogP contribution in [0.2, 0.25) is 0 Å². The van der Waals surface area contributed by atoms with E-state index in [-0.39, 0.29) is 19.0 Å². The molecule has 0 aliphatic rings. The highest BCUT2D eigenvalue weighted by Crippen LogP contribution is 2.14. The van der Waals surface area contributed by atoms with Gasteiger partial charge in [0.05, 0.1) is 0 Å². The van der Waals surface area contributed by atoms with E-state index in [9.17, 15) is 18.0 Å². The Labute approximate surface area is 133 Å². The fraction of sp³-hybridized carbons (Fsp3) is 0.500. The molecular weight excluding hydrogens is 321 g/mol. The first-order valence-electron chi connectivity index (χ1n) is 6.58. The minimum atomic E-state index is -4.43. The second-order valence-corrected chi connectivity index (χ2v) is 4.51. The summed E-state index contributed by atoms with van der Waals surface area (Å²) in [6.45, 7) is -1.07. The molecule has 1 amide bonds. The Morgan fingerprint density at radius 3 is 2.36 bits per heavy atom. The first-order chi connectivity index (χ1) is 9.92. The number of nitrogens with zero attached hydrogens (tertiary/aromatic N) is 1. The Morgan fingerprint density at radius 2 is 1.82 bits per heavy atom. The average Bonchev–Trinajstić information content (AvgIpc) is 2.43. The van der Waals surface area contributed by atoms with Crippen LogP contribution in [-0.2, 0) is 16.0 Å². The lowest BCUT2D eigenvalue weighted by Gasteiger charge is -2.22. The molecule has 0 heterocycles. The molecule has 0 saturated heterocycles. The second-order valence-electron chi connectivity index (χ2n) is 4.51. The molecule has 0 aliphatic carbocycles. The van der Waals surface area contributed by atoms with Crippen molar-refractivity contribution in [2.45, 2.75) is 12.6 Å². The van der Waals surface area contributed by atoms with Crippen LogP contribution < -0.4 is 5.73 Å². The molecule has 1 rings (SSSR count). The molecule has 0 unspecified atom stereocenters. The minimum absolute atomic E-state index is 0. The SMILES string of the molecule is Cl.NCCN(CCc1ccccc1)C(=O)COCC(F)(F)F. The number of carbonyl (C=O) groups excluding carboxylic acids is 1. The predicted molar refractivity (Wildman–Crippen MR) is 79.9 cm³/mol. The van der Waals surface area contributed by atoms with E-state index in [1.54, 1.807) is 0 Å². The third-order valence-electron chi connectivity index (χ3n) is 2.76. The van der Waals surface area contributed by atoms with Crippen LogP contribution in [0.25, 0.3) is 0 Å². The third-order valence-corrected chi connectivity index (χ3v) is 2.76. The van der Waals surface area contributed by atoms with Crippen LogP contribution in [0.4, 0.5) is 13.2 Å². The fourth-order valence-electron chi connectivity index (χ4n) is 1.77. The van der Waals surface area contributed by atoms with Gasteiger partial charge in [-0.2, -0.15) is 13.2 Å². The van der Waals surface area contributed by atoms with Gasteiger partial charge in [-0.25, -0.2) is 0 Å². The van der Waals surface area contributed by atoms with Crippen LogP contribution in [0.5, 0.6) is 0 Å². The standard InChI is InChI=1S/C14H19F3N2O2.ClH/c15-14(16,17)11-21-10-13(20)19(9-7-18)8-6-12-4-2-1-3-5-12;/h1-5H,6-11,18H2;1H. The molecule has 0 aromatic heterocycles. The number of nitrogens with two attached hydrogens (primary N) is 1. The van der Waals surface area contributed by atoms with E-state index in [4.69, 9.17) is 5.73 Å². The van der Waals surface area contributed by atoms with Gasteiger partial charge in [0.25, 0.3) is 0 Å². The summed E-state index contributed by atoms with van der Waals surface area (Å²) in [6, 6.07) is 9.50. The van der Waals surface area contributed by atoms with Crippen LogP contribution in [0, 0.1) is 0 Å². The van der Waals surface area contributed by atoms with Gasteiger partial charge in [0.1, 0.15) is 13.2 Å². The van der Waals surface area contributed by atoms with Crippen molar-refractivity contribution >= 4 is 18.3 Å². The highest BCUT2D eigenvalue weighted by molar-refractivity contribution is 5.85. The van der Waals surface area contributed by atoms with Crippen LogP contribution in [-0.4, -0.2) is 49.8 Å². The summed E-state index contributed by atoms with van der Waals surface area (Å²) in [6.07, 6.45) is -3.81. The Bertz CT molecular complexity index is 430. The largest absolute Gasteiger partial charge is 0.411 e. The van der Waals surface area contributed by atoms with E-state index in [0.29, 0.717) is 19.5 Å². The number of hydrogen-bond acceptors (Lipinski definition) is 3.